The predicted molar refractivity (Wildman–Crippen MR) is 78.6 cm³/mol. The minimum atomic E-state index is -0.173. The number of carbonyl (C=O) groups excluding carboxylic acids is 1. The molecule has 102 valence electrons. The molecule has 0 aliphatic heterocycles. The molecule has 0 bridgehead atoms. The quantitative estimate of drug-likeness (QED) is 0.872. The van der Waals surface area contributed by atoms with Crippen molar-refractivity contribution >= 4 is 17.5 Å². The minimum absolute atomic E-state index is 0.0597. The summed E-state index contributed by atoms with van der Waals surface area (Å²) in [6.07, 6.45) is 2.31. The van der Waals surface area contributed by atoms with Gasteiger partial charge in [-0.3, -0.25) is 4.79 Å². The fourth-order valence-electron chi connectivity index (χ4n) is 2.31. The number of hydrogen-bond acceptors (Lipinski definition) is 2. The summed E-state index contributed by atoms with van der Waals surface area (Å²) in [5.41, 5.74) is 1.50. The predicted octanol–water partition coefficient (Wildman–Crippen LogP) is 3.62. The number of rotatable bonds is 4. The van der Waals surface area contributed by atoms with Crippen LogP contribution in [0.3, 0.4) is 0 Å². The molecule has 1 aliphatic rings. The van der Waals surface area contributed by atoms with Gasteiger partial charge in [-0.05, 0) is 36.5 Å². The van der Waals surface area contributed by atoms with Crippen molar-refractivity contribution in [1.82, 2.24) is 10.3 Å². The number of halogens is 1. The topological polar surface area (TPSA) is 42.0 Å². The standard InChI is InChI=1S/C16H15ClN2O/c17-14-8-4-7-13(18-14)16(20)19-15(12-9-10-12)11-5-2-1-3-6-11/h1-8,12,15H,9-10H2,(H,19,20). The molecule has 2 aromatic rings. The van der Waals surface area contributed by atoms with E-state index < -0.39 is 0 Å². The summed E-state index contributed by atoms with van der Waals surface area (Å²) in [5.74, 6) is 0.355. The van der Waals surface area contributed by atoms with E-state index in [1.54, 1.807) is 18.2 Å². The fraction of sp³-hybridized carbons (Fsp3) is 0.250. The molecule has 20 heavy (non-hydrogen) atoms. The Balaban J connectivity index is 1.79. The number of hydrogen-bond donors (Lipinski definition) is 1. The maximum absolute atomic E-state index is 12.3. The molecule has 1 amide bonds. The van der Waals surface area contributed by atoms with E-state index in [9.17, 15) is 4.79 Å². The highest BCUT2D eigenvalue weighted by molar-refractivity contribution is 6.29. The molecule has 1 aliphatic carbocycles. The molecule has 3 nitrogen and oxygen atoms in total. The maximum Gasteiger partial charge on any atom is 0.270 e. The zero-order valence-corrected chi connectivity index (χ0v) is 11.7. The highest BCUT2D eigenvalue weighted by atomic mass is 35.5. The molecule has 1 fully saturated rings. The molecule has 1 unspecified atom stereocenters. The van der Waals surface area contributed by atoms with Crippen molar-refractivity contribution in [1.29, 1.82) is 0 Å². The van der Waals surface area contributed by atoms with Crippen molar-refractivity contribution in [3.8, 4) is 0 Å². The van der Waals surface area contributed by atoms with Crippen molar-refractivity contribution in [3.05, 3.63) is 64.9 Å². The monoisotopic (exact) mass is 286 g/mol. The van der Waals surface area contributed by atoms with Gasteiger partial charge in [0.1, 0.15) is 10.8 Å². The van der Waals surface area contributed by atoms with E-state index in [4.69, 9.17) is 11.6 Å². The fourth-order valence-corrected chi connectivity index (χ4v) is 2.48. The van der Waals surface area contributed by atoms with Crippen molar-refractivity contribution in [3.63, 3.8) is 0 Å². The summed E-state index contributed by atoms with van der Waals surface area (Å²) >= 11 is 5.83. The molecule has 1 aromatic heterocycles. The Kier molecular flexibility index (Phi) is 3.70. The van der Waals surface area contributed by atoms with Gasteiger partial charge in [-0.25, -0.2) is 4.98 Å². The van der Waals surface area contributed by atoms with Gasteiger partial charge < -0.3 is 5.32 Å². The first-order valence-electron chi connectivity index (χ1n) is 6.72. The molecule has 1 atom stereocenters. The van der Waals surface area contributed by atoms with E-state index in [0.717, 1.165) is 18.4 Å². The minimum Gasteiger partial charge on any atom is -0.344 e. The lowest BCUT2D eigenvalue weighted by atomic mass is 10.0. The van der Waals surface area contributed by atoms with Crippen LogP contribution < -0.4 is 5.32 Å². The first-order valence-corrected chi connectivity index (χ1v) is 7.10. The van der Waals surface area contributed by atoms with E-state index >= 15 is 0 Å². The summed E-state index contributed by atoms with van der Waals surface area (Å²) in [6, 6.07) is 15.2. The summed E-state index contributed by atoms with van der Waals surface area (Å²) in [5, 5.41) is 3.41. The molecule has 1 N–H and O–H groups in total. The van der Waals surface area contributed by atoms with Gasteiger partial charge in [0.2, 0.25) is 0 Å². The Labute approximate surface area is 123 Å². The summed E-state index contributed by atoms with van der Waals surface area (Å²) in [4.78, 5) is 16.3. The van der Waals surface area contributed by atoms with Gasteiger partial charge in [-0.1, -0.05) is 48.0 Å². The smallest absolute Gasteiger partial charge is 0.270 e. The molecule has 0 saturated heterocycles. The van der Waals surface area contributed by atoms with Crippen molar-refractivity contribution in [2.75, 3.05) is 0 Å². The summed E-state index contributed by atoms with van der Waals surface area (Å²) < 4.78 is 0. The van der Waals surface area contributed by atoms with E-state index in [1.807, 2.05) is 18.2 Å². The second-order valence-electron chi connectivity index (χ2n) is 5.04. The molecule has 1 heterocycles. The largest absolute Gasteiger partial charge is 0.344 e. The van der Waals surface area contributed by atoms with Crippen molar-refractivity contribution in [2.45, 2.75) is 18.9 Å². The first kappa shape index (κ1) is 13.1. The van der Waals surface area contributed by atoms with Gasteiger partial charge >= 0.3 is 0 Å². The third-order valence-electron chi connectivity index (χ3n) is 3.49. The Morgan fingerprint density at radius 3 is 2.55 bits per heavy atom. The van der Waals surface area contributed by atoms with E-state index in [-0.39, 0.29) is 11.9 Å². The van der Waals surface area contributed by atoms with Crippen LogP contribution in [0.25, 0.3) is 0 Å². The average molecular weight is 287 g/mol. The Bertz CT molecular complexity index is 611. The van der Waals surface area contributed by atoms with Crippen LogP contribution in [0.5, 0.6) is 0 Å². The van der Waals surface area contributed by atoms with Crippen molar-refractivity contribution in [2.24, 2.45) is 5.92 Å². The number of pyridine rings is 1. The lowest BCUT2D eigenvalue weighted by molar-refractivity contribution is 0.0926. The van der Waals surface area contributed by atoms with Gasteiger partial charge in [-0.15, -0.1) is 0 Å². The first-order chi connectivity index (χ1) is 9.74. The maximum atomic E-state index is 12.3. The molecule has 4 heteroatoms. The Morgan fingerprint density at radius 1 is 1.15 bits per heavy atom. The van der Waals surface area contributed by atoms with Crippen LogP contribution in [-0.2, 0) is 0 Å². The van der Waals surface area contributed by atoms with E-state index in [0.29, 0.717) is 16.8 Å². The van der Waals surface area contributed by atoms with Crippen LogP contribution in [0.1, 0.15) is 34.9 Å². The van der Waals surface area contributed by atoms with Gasteiger partial charge in [0, 0.05) is 0 Å². The molecular weight excluding hydrogens is 272 g/mol. The third kappa shape index (κ3) is 2.99. The SMILES string of the molecule is O=C(NC(c1ccccc1)C1CC1)c1cccc(Cl)n1. The second-order valence-corrected chi connectivity index (χ2v) is 5.43. The lowest BCUT2D eigenvalue weighted by Gasteiger charge is -2.18. The van der Waals surface area contributed by atoms with Crippen LogP contribution in [0, 0.1) is 5.92 Å². The van der Waals surface area contributed by atoms with E-state index in [2.05, 4.69) is 22.4 Å². The Morgan fingerprint density at radius 2 is 1.90 bits per heavy atom. The number of benzene rings is 1. The zero-order valence-electron chi connectivity index (χ0n) is 10.9. The lowest BCUT2D eigenvalue weighted by Crippen LogP contribution is -2.30. The molecule has 0 spiro atoms. The number of nitrogens with zero attached hydrogens (tertiary/aromatic N) is 1. The number of carbonyl (C=O) groups is 1. The molecule has 3 rings (SSSR count). The zero-order chi connectivity index (χ0) is 13.9. The molecule has 1 saturated carbocycles. The van der Waals surface area contributed by atoms with Crippen molar-refractivity contribution < 1.29 is 4.79 Å². The number of aromatic nitrogens is 1. The van der Waals surface area contributed by atoms with Crippen LogP contribution in [0.4, 0.5) is 0 Å². The van der Waals surface area contributed by atoms with Gasteiger partial charge in [-0.2, -0.15) is 0 Å². The van der Waals surface area contributed by atoms with Crippen LogP contribution in [0.15, 0.2) is 48.5 Å². The van der Waals surface area contributed by atoms with E-state index in [1.165, 1.54) is 0 Å². The van der Waals surface area contributed by atoms with Gasteiger partial charge in [0.25, 0.3) is 5.91 Å². The molecule has 1 aromatic carbocycles. The normalized spacial score (nSPS) is 15.7. The highest BCUT2D eigenvalue weighted by Gasteiger charge is 2.33. The summed E-state index contributed by atoms with van der Waals surface area (Å²) in [6.45, 7) is 0. The van der Waals surface area contributed by atoms with Crippen LogP contribution >= 0.6 is 11.6 Å². The van der Waals surface area contributed by atoms with Gasteiger partial charge in [0.15, 0.2) is 0 Å². The molecular formula is C16H15ClN2O. The second kappa shape index (κ2) is 5.63. The van der Waals surface area contributed by atoms with Gasteiger partial charge in [0.05, 0.1) is 6.04 Å². The van der Waals surface area contributed by atoms with Crippen LogP contribution in [-0.4, -0.2) is 10.9 Å². The Hall–Kier alpha value is -1.87. The van der Waals surface area contributed by atoms with Crippen LogP contribution in [0.2, 0.25) is 5.15 Å². The number of amides is 1. The highest BCUT2D eigenvalue weighted by Crippen LogP contribution is 2.41. The summed E-state index contributed by atoms with van der Waals surface area (Å²) in [7, 11) is 0. The molecule has 0 radical (unpaired) electrons. The third-order valence-corrected chi connectivity index (χ3v) is 3.70. The number of nitrogens with one attached hydrogen (secondary N) is 1. The average Bonchev–Trinajstić information content (AvgIpc) is 3.30.